The van der Waals surface area contributed by atoms with Crippen LogP contribution >= 0.6 is 0 Å². The van der Waals surface area contributed by atoms with Crippen molar-refractivity contribution < 1.29 is 4.74 Å². The zero-order valence-corrected chi connectivity index (χ0v) is 14.6. The first-order chi connectivity index (χ1) is 10.1. The van der Waals surface area contributed by atoms with Gasteiger partial charge in [-0.1, -0.05) is 20.8 Å². The van der Waals surface area contributed by atoms with Crippen LogP contribution in [0.1, 0.15) is 52.9 Å². The Bertz CT molecular complexity index is 289. The van der Waals surface area contributed by atoms with Gasteiger partial charge in [-0.05, 0) is 63.5 Å². The molecule has 124 valence electrons. The molecule has 0 radical (unpaired) electrons. The summed E-state index contributed by atoms with van der Waals surface area (Å²) in [5.41, 5.74) is 0. The standard InChI is InChI=1S/C18H36N2O/c1-5-19-18-7-6-15(14(2)3)12-16(18)13-20(4)17-8-10-21-11-9-17/h14-19H,5-13H2,1-4H3. The zero-order chi connectivity index (χ0) is 15.2. The lowest BCUT2D eigenvalue weighted by Gasteiger charge is -2.42. The van der Waals surface area contributed by atoms with Crippen LogP contribution < -0.4 is 5.32 Å². The molecule has 0 aromatic carbocycles. The van der Waals surface area contributed by atoms with Gasteiger partial charge in [0.1, 0.15) is 0 Å². The summed E-state index contributed by atoms with van der Waals surface area (Å²) in [6.07, 6.45) is 6.60. The highest BCUT2D eigenvalue weighted by Gasteiger charge is 2.33. The van der Waals surface area contributed by atoms with Crippen molar-refractivity contribution >= 4 is 0 Å². The highest BCUT2D eigenvalue weighted by molar-refractivity contribution is 4.88. The topological polar surface area (TPSA) is 24.5 Å². The van der Waals surface area contributed by atoms with E-state index in [0.717, 1.165) is 49.6 Å². The van der Waals surface area contributed by atoms with Crippen LogP contribution in [0.15, 0.2) is 0 Å². The molecule has 1 heterocycles. The number of ether oxygens (including phenoxy) is 1. The number of nitrogens with one attached hydrogen (secondary N) is 1. The Labute approximate surface area is 131 Å². The fourth-order valence-electron chi connectivity index (χ4n) is 4.28. The fraction of sp³-hybridized carbons (Fsp3) is 1.00. The monoisotopic (exact) mass is 296 g/mol. The summed E-state index contributed by atoms with van der Waals surface area (Å²) in [5.74, 6) is 2.58. The Morgan fingerprint density at radius 3 is 2.48 bits per heavy atom. The van der Waals surface area contributed by atoms with Gasteiger partial charge in [-0.25, -0.2) is 0 Å². The first-order valence-electron chi connectivity index (χ1n) is 9.13. The summed E-state index contributed by atoms with van der Waals surface area (Å²) in [6.45, 7) is 11.3. The summed E-state index contributed by atoms with van der Waals surface area (Å²) >= 11 is 0. The van der Waals surface area contributed by atoms with Crippen LogP contribution in [0.5, 0.6) is 0 Å². The van der Waals surface area contributed by atoms with Gasteiger partial charge in [0.15, 0.2) is 0 Å². The molecule has 3 nitrogen and oxygen atoms in total. The van der Waals surface area contributed by atoms with E-state index in [1.54, 1.807) is 0 Å². The number of hydrogen-bond acceptors (Lipinski definition) is 3. The minimum Gasteiger partial charge on any atom is -0.381 e. The third kappa shape index (κ3) is 4.94. The van der Waals surface area contributed by atoms with Gasteiger partial charge in [-0.15, -0.1) is 0 Å². The fourth-order valence-corrected chi connectivity index (χ4v) is 4.28. The van der Waals surface area contributed by atoms with Crippen LogP contribution in [0.3, 0.4) is 0 Å². The Kier molecular flexibility index (Phi) is 6.97. The third-order valence-corrected chi connectivity index (χ3v) is 5.77. The lowest BCUT2D eigenvalue weighted by molar-refractivity contribution is 0.0297. The molecule has 2 aliphatic rings. The molecule has 0 aromatic heterocycles. The Morgan fingerprint density at radius 1 is 1.14 bits per heavy atom. The van der Waals surface area contributed by atoms with E-state index in [9.17, 15) is 0 Å². The smallest absolute Gasteiger partial charge is 0.0480 e. The minimum atomic E-state index is 0.729. The summed E-state index contributed by atoms with van der Waals surface area (Å²) in [4.78, 5) is 2.63. The molecule has 0 aromatic rings. The van der Waals surface area contributed by atoms with Crippen molar-refractivity contribution in [2.24, 2.45) is 17.8 Å². The molecule has 0 spiro atoms. The second kappa shape index (κ2) is 8.50. The van der Waals surface area contributed by atoms with E-state index >= 15 is 0 Å². The molecular formula is C18H36N2O. The molecule has 3 unspecified atom stereocenters. The van der Waals surface area contributed by atoms with Crippen molar-refractivity contribution in [2.45, 2.75) is 65.0 Å². The largest absolute Gasteiger partial charge is 0.381 e. The summed E-state index contributed by atoms with van der Waals surface area (Å²) < 4.78 is 5.51. The molecule has 21 heavy (non-hydrogen) atoms. The second-order valence-electron chi connectivity index (χ2n) is 7.52. The molecular weight excluding hydrogens is 260 g/mol. The first-order valence-corrected chi connectivity index (χ1v) is 9.13. The number of rotatable bonds is 6. The Hall–Kier alpha value is -0.120. The molecule has 3 atom stereocenters. The average Bonchev–Trinajstić information content (AvgIpc) is 2.50. The average molecular weight is 296 g/mol. The highest BCUT2D eigenvalue weighted by atomic mass is 16.5. The van der Waals surface area contributed by atoms with Gasteiger partial charge >= 0.3 is 0 Å². The summed E-state index contributed by atoms with van der Waals surface area (Å²) in [7, 11) is 2.33. The molecule has 2 fully saturated rings. The Balaban J connectivity index is 1.91. The molecule has 1 aliphatic heterocycles. The van der Waals surface area contributed by atoms with Gasteiger partial charge < -0.3 is 15.0 Å². The van der Waals surface area contributed by atoms with Crippen molar-refractivity contribution in [2.75, 3.05) is 33.4 Å². The van der Waals surface area contributed by atoms with Crippen LogP contribution in [0.4, 0.5) is 0 Å². The molecule has 0 bridgehead atoms. The van der Waals surface area contributed by atoms with Gasteiger partial charge in [0.05, 0.1) is 0 Å². The lowest BCUT2D eigenvalue weighted by atomic mass is 9.73. The number of hydrogen-bond donors (Lipinski definition) is 1. The Morgan fingerprint density at radius 2 is 1.86 bits per heavy atom. The van der Waals surface area contributed by atoms with Crippen molar-refractivity contribution in [1.82, 2.24) is 10.2 Å². The molecule has 3 heteroatoms. The van der Waals surface area contributed by atoms with Crippen molar-refractivity contribution in [3.63, 3.8) is 0 Å². The maximum Gasteiger partial charge on any atom is 0.0480 e. The van der Waals surface area contributed by atoms with Gasteiger partial charge in [-0.3, -0.25) is 0 Å². The van der Waals surface area contributed by atoms with E-state index in [2.05, 4.69) is 38.0 Å². The first kappa shape index (κ1) is 17.2. The van der Waals surface area contributed by atoms with Crippen LogP contribution in [-0.4, -0.2) is 50.3 Å². The number of nitrogens with zero attached hydrogens (tertiary/aromatic N) is 1. The van der Waals surface area contributed by atoms with E-state index in [0.29, 0.717) is 0 Å². The van der Waals surface area contributed by atoms with E-state index in [1.807, 2.05) is 0 Å². The molecule has 2 rings (SSSR count). The van der Waals surface area contributed by atoms with Crippen LogP contribution in [0.2, 0.25) is 0 Å². The SMILES string of the molecule is CCNC1CCC(C(C)C)CC1CN(C)C1CCOCC1. The molecule has 0 amide bonds. The van der Waals surface area contributed by atoms with Crippen LogP contribution in [0.25, 0.3) is 0 Å². The maximum atomic E-state index is 5.51. The molecule has 1 aliphatic carbocycles. The van der Waals surface area contributed by atoms with Gasteiger partial charge in [0.25, 0.3) is 0 Å². The predicted molar refractivity (Wildman–Crippen MR) is 89.6 cm³/mol. The van der Waals surface area contributed by atoms with E-state index in [1.165, 1.54) is 38.6 Å². The summed E-state index contributed by atoms with van der Waals surface area (Å²) in [5, 5.41) is 3.75. The van der Waals surface area contributed by atoms with E-state index in [4.69, 9.17) is 4.74 Å². The van der Waals surface area contributed by atoms with Crippen molar-refractivity contribution in [3.8, 4) is 0 Å². The summed E-state index contributed by atoms with van der Waals surface area (Å²) in [6, 6.07) is 1.47. The van der Waals surface area contributed by atoms with Crippen LogP contribution in [-0.2, 0) is 4.74 Å². The second-order valence-corrected chi connectivity index (χ2v) is 7.52. The zero-order valence-electron chi connectivity index (χ0n) is 14.6. The highest BCUT2D eigenvalue weighted by Crippen LogP contribution is 2.34. The van der Waals surface area contributed by atoms with Crippen molar-refractivity contribution in [1.29, 1.82) is 0 Å². The quantitative estimate of drug-likeness (QED) is 0.815. The third-order valence-electron chi connectivity index (χ3n) is 5.77. The molecule has 1 N–H and O–H groups in total. The normalized spacial score (nSPS) is 32.0. The van der Waals surface area contributed by atoms with Gasteiger partial charge in [0, 0.05) is 31.8 Å². The van der Waals surface area contributed by atoms with Gasteiger partial charge in [-0.2, -0.15) is 0 Å². The molecule has 1 saturated carbocycles. The lowest BCUT2D eigenvalue weighted by Crippen LogP contribution is -2.48. The van der Waals surface area contributed by atoms with Crippen LogP contribution in [0, 0.1) is 17.8 Å². The predicted octanol–water partition coefficient (Wildman–Crippen LogP) is 3.15. The van der Waals surface area contributed by atoms with Gasteiger partial charge in [0.2, 0.25) is 0 Å². The minimum absolute atomic E-state index is 0.729. The molecule has 1 saturated heterocycles. The van der Waals surface area contributed by atoms with E-state index < -0.39 is 0 Å². The van der Waals surface area contributed by atoms with E-state index in [-0.39, 0.29) is 0 Å². The van der Waals surface area contributed by atoms with Crippen molar-refractivity contribution in [3.05, 3.63) is 0 Å². The maximum absolute atomic E-state index is 5.51.